The Bertz CT molecular complexity index is 153. The summed E-state index contributed by atoms with van der Waals surface area (Å²) in [4.78, 5) is 9.00. The van der Waals surface area contributed by atoms with Crippen LogP contribution in [0.15, 0.2) is 0 Å². The first kappa shape index (κ1) is 10.9. The summed E-state index contributed by atoms with van der Waals surface area (Å²) >= 11 is 0. The molecule has 2 amide bonds. The lowest BCUT2D eigenvalue weighted by Gasteiger charge is -1.82. The smallest absolute Gasteiger partial charge is 0.309 e. The number of amides is 2. The molecule has 0 saturated heterocycles. The number of rotatable bonds is 0. The Morgan fingerprint density at radius 2 is 1.80 bits per heavy atom. The molecule has 0 aromatic heterocycles. The van der Waals surface area contributed by atoms with Gasteiger partial charge in [-0.3, -0.25) is 10.7 Å². The number of nitrogens with zero attached hydrogens (tertiary/aromatic N) is 1. The van der Waals surface area contributed by atoms with Crippen molar-refractivity contribution in [3.63, 3.8) is 0 Å². The maximum atomic E-state index is 9.00. The van der Waals surface area contributed by atoms with E-state index in [0.717, 1.165) is 0 Å². The van der Waals surface area contributed by atoms with Gasteiger partial charge in [0.25, 0.3) is 0 Å². The fourth-order valence-electron chi connectivity index (χ4n) is 0.0602. The number of hydrogen-bond donors (Lipinski definition) is 5. The number of guanidine groups is 1. The number of carbonyl (C=O) groups is 1. The molecule has 0 rings (SSSR count). The first-order chi connectivity index (χ1) is 4.50. The predicted molar refractivity (Wildman–Crippen MR) is 34.4 cm³/mol. The van der Waals surface area contributed by atoms with Crippen LogP contribution in [-0.2, 0) is 0 Å². The van der Waals surface area contributed by atoms with E-state index in [9.17, 15) is 0 Å². The molecule has 56 valence electrons. The summed E-state index contributed by atoms with van der Waals surface area (Å²) in [5, 5.41) is 15.9. The van der Waals surface area contributed by atoms with Crippen LogP contribution in [0.3, 0.4) is 0 Å². The third kappa shape index (κ3) is 144. The van der Waals surface area contributed by atoms with Gasteiger partial charge in [0.15, 0.2) is 12.2 Å². The van der Waals surface area contributed by atoms with Crippen LogP contribution in [0, 0.1) is 16.9 Å². The van der Waals surface area contributed by atoms with Gasteiger partial charge in [-0.05, 0) is 0 Å². The summed E-state index contributed by atoms with van der Waals surface area (Å²) in [7, 11) is 0. The van der Waals surface area contributed by atoms with E-state index in [1.54, 1.807) is 0 Å². The van der Waals surface area contributed by atoms with Gasteiger partial charge in [-0.25, -0.2) is 4.79 Å². The lowest BCUT2D eigenvalue weighted by Crippen LogP contribution is -2.25. The molecule has 0 aliphatic carbocycles. The molecule has 7 nitrogen and oxygen atoms in total. The van der Waals surface area contributed by atoms with E-state index in [-0.39, 0.29) is 5.96 Å². The number of nitrogens with two attached hydrogens (primary N) is 3. The molecule has 0 bridgehead atoms. The predicted octanol–water partition coefficient (Wildman–Crippen LogP) is -2.03. The second-order valence-electron chi connectivity index (χ2n) is 1.05. The zero-order valence-corrected chi connectivity index (χ0v) is 5.09. The first-order valence-electron chi connectivity index (χ1n) is 2.04. The van der Waals surface area contributed by atoms with Crippen LogP contribution >= 0.6 is 0 Å². The fraction of sp³-hybridized carbons (Fsp3) is 0. The number of nitriles is 1. The molecule has 10 heavy (non-hydrogen) atoms. The Hall–Kier alpha value is -1.97. The van der Waals surface area contributed by atoms with E-state index >= 15 is 0 Å². The molecule has 7 heteroatoms. The normalized spacial score (nSPS) is 5.90. The largest absolute Gasteiger partial charge is 0.369 e. The molecule has 0 aliphatic rings. The molecule has 0 aromatic rings. The van der Waals surface area contributed by atoms with Gasteiger partial charge in [0.05, 0.1) is 0 Å². The number of urea groups is 1. The Labute approximate surface area is 57.3 Å². The van der Waals surface area contributed by atoms with Crippen LogP contribution in [0.5, 0.6) is 0 Å². The number of primary amides is 2. The van der Waals surface area contributed by atoms with Crippen molar-refractivity contribution in [2.45, 2.75) is 0 Å². The molecule has 0 aromatic carbocycles. The second-order valence-corrected chi connectivity index (χ2v) is 1.05. The van der Waals surface area contributed by atoms with E-state index in [0.29, 0.717) is 0 Å². The van der Waals surface area contributed by atoms with Gasteiger partial charge in [-0.15, -0.1) is 0 Å². The molecule has 0 atom stereocenters. The summed E-state index contributed by atoms with van der Waals surface area (Å²) in [5.41, 5.74) is 13.2. The fourth-order valence-corrected chi connectivity index (χ4v) is 0.0602. The van der Waals surface area contributed by atoms with Crippen molar-refractivity contribution in [1.29, 1.82) is 10.7 Å². The summed E-state index contributed by atoms with van der Waals surface area (Å²) < 4.78 is 0. The Morgan fingerprint density at radius 3 is 1.80 bits per heavy atom. The first-order valence-corrected chi connectivity index (χ1v) is 2.04. The van der Waals surface area contributed by atoms with Gasteiger partial charge < -0.3 is 17.2 Å². The number of hydrogen-bond acceptors (Lipinski definition) is 3. The Balaban J connectivity index is 0. The third-order valence-corrected chi connectivity index (χ3v) is 0.191. The maximum Gasteiger partial charge on any atom is 0.309 e. The minimum atomic E-state index is -0.833. The van der Waals surface area contributed by atoms with Crippen molar-refractivity contribution in [1.82, 2.24) is 5.32 Å². The summed E-state index contributed by atoms with van der Waals surface area (Å²) in [5.74, 6) is -0.322. The molecule has 0 aliphatic heterocycles. The van der Waals surface area contributed by atoms with Gasteiger partial charge in [0.2, 0.25) is 0 Å². The minimum Gasteiger partial charge on any atom is -0.369 e. The van der Waals surface area contributed by atoms with Crippen LogP contribution in [0.4, 0.5) is 4.79 Å². The number of nitrogens with one attached hydrogen (secondary N) is 2. The van der Waals surface area contributed by atoms with E-state index in [1.165, 1.54) is 6.19 Å². The highest BCUT2D eigenvalue weighted by Crippen LogP contribution is 1.37. The van der Waals surface area contributed by atoms with Gasteiger partial charge in [0, 0.05) is 0 Å². The molecule has 8 N–H and O–H groups in total. The molecular formula is C3H8N6O. The highest BCUT2D eigenvalue weighted by molar-refractivity contribution is 5.75. The monoisotopic (exact) mass is 144 g/mol. The van der Waals surface area contributed by atoms with Crippen LogP contribution in [0.2, 0.25) is 0 Å². The summed E-state index contributed by atoms with van der Waals surface area (Å²) in [6.07, 6.45) is 1.47. The van der Waals surface area contributed by atoms with Crippen molar-refractivity contribution in [2.75, 3.05) is 0 Å². The quantitative estimate of drug-likeness (QED) is 0.115. The molecule has 0 saturated carbocycles. The second kappa shape index (κ2) is 7.03. The Kier molecular flexibility index (Phi) is 7.67. The minimum absolute atomic E-state index is 0.322. The van der Waals surface area contributed by atoms with Gasteiger partial charge in [0.1, 0.15) is 0 Å². The highest BCUT2D eigenvalue weighted by atomic mass is 16.2. The van der Waals surface area contributed by atoms with Crippen molar-refractivity contribution >= 4 is 12.0 Å². The highest BCUT2D eigenvalue weighted by Gasteiger charge is 1.73. The molecule has 0 spiro atoms. The third-order valence-electron chi connectivity index (χ3n) is 0.191. The molecule has 0 unspecified atom stereocenters. The molecule has 0 fully saturated rings. The SMILES string of the molecule is N#CNC(=N)N.NC(N)=O. The maximum absolute atomic E-state index is 9.00. The average molecular weight is 144 g/mol. The average Bonchev–Trinajstić information content (AvgIpc) is 1.62. The van der Waals surface area contributed by atoms with Gasteiger partial charge in [-0.2, -0.15) is 5.26 Å². The summed E-state index contributed by atoms with van der Waals surface area (Å²) in [6, 6.07) is -0.833. The van der Waals surface area contributed by atoms with Gasteiger partial charge >= 0.3 is 6.03 Å². The van der Waals surface area contributed by atoms with Crippen molar-refractivity contribution in [3.05, 3.63) is 0 Å². The van der Waals surface area contributed by atoms with Crippen molar-refractivity contribution in [3.8, 4) is 6.19 Å². The standard InChI is InChI=1S/C2H4N4.CH4N2O/c3-1-6-2(4)5;2-1(3)4/h(H4,4,5,6);(H4,2,3,4). The molecular weight excluding hydrogens is 136 g/mol. The van der Waals surface area contributed by atoms with E-state index in [2.05, 4.69) is 17.2 Å². The van der Waals surface area contributed by atoms with Crippen molar-refractivity contribution < 1.29 is 4.79 Å². The molecule has 0 radical (unpaired) electrons. The lowest BCUT2D eigenvalue weighted by atomic mass is 11.0. The van der Waals surface area contributed by atoms with E-state index < -0.39 is 6.03 Å². The van der Waals surface area contributed by atoms with E-state index in [4.69, 9.17) is 15.5 Å². The molecule has 0 heterocycles. The van der Waals surface area contributed by atoms with Crippen LogP contribution in [-0.4, -0.2) is 12.0 Å². The van der Waals surface area contributed by atoms with E-state index in [1.807, 2.05) is 5.32 Å². The zero-order valence-electron chi connectivity index (χ0n) is 5.09. The lowest BCUT2D eigenvalue weighted by molar-refractivity contribution is 0.256. The van der Waals surface area contributed by atoms with Crippen molar-refractivity contribution in [2.24, 2.45) is 17.2 Å². The van der Waals surface area contributed by atoms with Crippen LogP contribution < -0.4 is 22.5 Å². The van der Waals surface area contributed by atoms with Gasteiger partial charge in [-0.1, -0.05) is 0 Å². The Morgan fingerprint density at radius 1 is 1.50 bits per heavy atom. The van der Waals surface area contributed by atoms with Crippen LogP contribution in [0.25, 0.3) is 0 Å². The zero-order chi connectivity index (χ0) is 8.57. The van der Waals surface area contributed by atoms with Crippen LogP contribution in [0.1, 0.15) is 0 Å². The topological polar surface area (TPSA) is 155 Å². The summed E-state index contributed by atoms with van der Waals surface area (Å²) in [6.45, 7) is 0. The number of carbonyl (C=O) groups excluding carboxylic acids is 1.